The highest BCUT2D eigenvalue weighted by Crippen LogP contribution is 2.14. The minimum Gasteiger partial charge on any atom is -0.299 e. The Hall–Kier alpha value is -0.330. The molecule has 0 aliphatic carbocycles. The van der Waals surface area contributed by atoms with Gasteiger partial charge in [-0.05, 0) is 18.8 Å². The molecular formula is C10H20O. The smallest absolute Gasteiger partial charge is 0.136 e. The monoisotopic (exact) mass is 156 g/mol. The van der Waals surface area contributed by atoms with Crippen LogP contribution in [-0.4, -0.2) is 5.78 Å². The fourth-order valence-electron chi connectivity index (χ4n) is 1.31. The average Bonchev–Trinajstić information content (AvgIpc) is 1.88. The van der Waals surface area contributed by atoms with Crippen LogP contribution in [0.4, 0.5) is 0 Å². The molecule has 1 heteroatoms. The molecule has 66 valence electrons. The normalized spacial score (nSPS) is 11.1. The first-order chi connectivity index (χ1) is 5.11. The number of hydrogen-bond donors (Lipinski definition) is 0. The molecule has 1 nitrogen and oxygen atoms in total. The summed E-state index contributed by atoms with van der Waals surface area (Å²) < 4.78 is 0. The highest BCUT2D eigenvalue weighted by molar-refractivity contribution is 5.81. The molecule has 0 fully saturated rings. The van der Waals surface area contributed by atoms with Gasteiger partial charge in [-0.15, -0.1) is 0 Å². The lowest BCUT2D eigenvalue weighted by Crippen LogP contribution is -2.14. The van der Waals surface area contributed by atoms with Gasteiger partial charge in [0.2, 0.25) is 0 Å². The molecule has 0 aromatic carbocycles. The zero-order valence-electron chi connectivity index (χ0n) is 8.18. The molecule has 0 saturated heterocycles. The summed E-state index contributed by atoms with van der Waals surface area (Å²) in [7, 11) is 0. The number of hydrogen-bond acceptors (Lipinski definition) is 1. The lowest BCUT2D eigenvalue weighted by molar-refractivity contribution is -0.123. The van der Waals surface area contributed by atoms with Gasteiger partial charge in [0.05, 0.1) is 0 Å². The van der Waals surface area contributed by atoms with E-state index in [1.165, 1.54) is 0 Å². The molecule has 0 heterocycles. The molecule has 0 spiro atoms. The summed E-state index contributed by atoms with van der Waals surface area (Å²) in [5.41, 5.74) is 0. The van der Waals surface area contributed by atoms with Crippen LogP contribution in [0.5, 0.6) is 0 Å². The summed E-state index contributed by atoms with van der Waals surface area (Å²) in [6, 6.07) is 0. The third-order valence-corrected chi connectivity index (χ3v) is 2.05. The van der Waals surface area contributed by atoms with E-state index in [4.69, 9.17) is 0 Å². The first-order valence-electron chi connectivity index (χ1n) is 4.64. The van der Waals surface area contributed by atoms with Crippen LogP contribution >= 0.6 is 0 Å². The summed E-state index contributed by atoms with van der Waals surface area (Å²) >= 11 is 0. The lowest BCUT2D eigenvalue weighted by atomic mass is 9.92. The van der Waals surface area contributed by atoms with E-state index in [2.05, 4.69) is 27.7 Å². The second-order valence-corrected chi connectivity index (χ2v) is 3.58. The minimum absolute atomic E-state index is 0.317. The van der Waals surface area contributed by atoms with E-state index >= 15 is 0 Å². The van der Waals surface area contributed by atoms with Gasteiger partial charge < -0.3 is 0 Å². The van der Waals surface area contributed by atoms with Crippen LogP contribution in [0.1, 0.15) is 47.0 Å². The topological polar surface area (TPSA) is 17.1 Å². The molecular weight excluding hydrogens is 136 g/mol. The summed E-state index contributed by atoms with van der Waals surface area (Å²) in [5, 5.41) is 0. The van der Waals surface area contributed by atoms with Crippen LogP contribution in [0.15, 0.2) is 0 Å². The number of Topliss-reactive ketones (excluding diaryl/α,β-unsaturated/α-hetero) is 1. The second-order valence-electron chi connectivity index (χ2n) is 3.58. The Balaban J connectivity index is 3.79. The maximum Gasteiger partial charge on any atom is 0.136 e. The van der Waals surface area contributed by atoms with E-state index in [9.17, 15) is 4.79 Å². The molecule has 0 atom stereocenters. The maximum absolute atomic E-state index is 11.4. The van der Waals surface area contributed by atoms with Crippen molar-refractivity contribution >= 4 is 5.78 Å². The van der Waals surface area contributed by atoms with Crippen LogP contribution in [-0.2, 0) is 4.79 Å². The molecule has 11 heavy (non-hydrogen) atoms. The van der Waals surface area contributed by atoms with Crippen molar-refractivity contribution in [3.05, 3.63) is 0 Å². The summed E-state index contributed by atoms with van der Waals surface area (Å²) in [6.07, 6.45) is 2.76. The van der Waals surface area contributed by atoms with Crippen LogP contribution in [0, 0.1) is 11.8 Å². The number of carbonyl (C=O) groups excluding carboxylic acids is 1. The molecule has 0 bridgehead atoms. The predicted octanol–water partition coefficient (Wildman–Crippen LogP) is 3.04. The van der Waals surface area contributed by atoms with E-state index in [0.717, 1.165) is 19.3 Å². The van der Waals surface area contributed by atoms with Crippen molar-refractivity contribution in [2.24, 2.45) is 11.8 Å². The number of ketones is 1. The molecule has 0 N–H and O–H groups in total. The van der Waals surface area contributed by atoms with Gasteiger partial charge in [-0.25, -0.2) is 0 Å². The fourth-order valence-corrected chi connectivity index (χ4v) is 1.31. The van der Waals surface area contributed by atoms with Gasteiger partial charge in [-0.2, -0.15) is 0 Å². The van der Waals surface area contributed by atoms with E-state index in [0.29, 0.717) is 17.6 Å². The Morgan fingerprint density at radius 3 is 1.91 bits per heavy atom. The molecule has 0 aromatic heterocycles. The first kappa shape index (κ1) is 10.7. The third-order valence-electron chi connectivity index (χ3n) is 2.05. The van der Waals surface area contributed by atoms with Crippen LogP contribution in [0.3, 0.4) is 0 Å². The third kappa shape index (κ3) is 4.18. The Bertz CT molecular complexity index is 112. The zero-order chi connectivity index (χ0) is 8.85. The second kappa shape index (κ2) is 5.34. The fraction of sp³-hybridized carbons (Fsp3) is 0.900. The van der Waals surface area contributed by atoms with Gasteiger partial charge >= 0.3 is 0 Å². The van der Waals surface area contributed by atoms with E-state index < -0.39 is 0 Å². The maximum atomic E-state index is 11.4. The summed E-state index contributed by atoms with van der Waals surface area (Å²) in [6.45, 7) is 8.37. The molecule has 0 saturated carbocycles. The van der Waals surface area contributed by atoms with Gasteiger partial charge in [-0.3, -0.25) is 4.79 Å². The van der Waals surface area contributed by atoms with Crippen molar-refractivity contribution in [1.82, 2.24) is 0 Å². The molecule has 0 rings (SSSR count). The molecule has 0 aliphatic rings. The lowest BCUT2D eigenvalue weighted by Gasteiger charge is -2.11. The van der Waals surface area contributed by atoms with E-state index in [1.54, 1.807) is 0 Å². The predicted molar refractivity (Wildman–Crippen MR) is 48.5 cm³/mol. The van der Waals surface area contributed by atoms with Gasteiger partial charge in [0, 0.05) is 12.3 Å². The van der Waals surface area contributed by atoms with Crippen molar-refractivity contribution < 1.29 is 4.79 Å². The van der Waals surface area contributed by atoms with Crippen LogP contribution in [0.2, 0.25) is 0 Å². The van der Waals surface area contributed by atoms with Crippen LogP contribution in [0.25, 0.3) is 0 Å². The Morgan fingerprint density at radius 2 is 1.64 bits per heavy atom. The number of rotatable bonds is 5. The van der Waals surface area contributed by atoms with Gasteiger partial charge in [-0.1, -0.05) is 27.7 Å². The van der Waals surface area contributed by atoms with Gasteiger partial charge in [0.25, 0.3) is 0 Å². The highest BCUT2D eigenvalue weighted by Gasteiger charge is 2.14. The molecule has 0 aromatic rings. The van der Waals surface area contributed by atoms with E-state index in [1.807, 2.05) is 0 Å². The van der Waals surface area contributed by atoms with Gasteiger partial charge in [0.15, 0.2) is 0 Å². The minimum atomic E-state index is 0.317. The molecule has 0 amide bonds. The number of carbonyl (C=O) groups is 1. The van der Waals surface area contributed by atoms with Crippen molar-refractivity contribution in [2.75, 3.05) is 0 Å². The summed E-state index contributed by atoms with van der Waals surface area (Å²) in [5.74, 6) is 1.28. The van der Waals surface area contributed by atoms with Gasteiger partial charge in [0.1, 0.15) is 5.78 Å². The van der Waals surface area contributed by atoms with Crippen molar-refractivity contribution in [3.63, 3.8) is 0 Å². The highest BCUT2D eigenvalue weighted by atomic mass is 16.1. The Kier molecular flexibility index (Phi) is 5.18. The quantitative estimate of drug-likeness (QED) is 0.598. The molecule has 0 radical (unpaired) electrons. The van der Waals surface area contributed by atoms with Crippen molar-refractivity contribution in [3.8, 4) is 0 Å². The van der Waals surface area contributed by atoms with Crippen molar-refractivity contribution in [1.29, 1.82) is 0 Å². The average molecular weight is 156 g/mol. The Labute approximate surface area is 70.2 Å². The summed E-state index contributed by atoms with van der Waals surface area (Å²) in [4.78, 5) is 11.4. The zero-order valence-corrected chi connectivity index (χ0v) is 8.18. The SMILES string of the molecule is CCC(CC)C(=O)CC(C)C. The van der Waals surface area contributed by atoms with Crippen LogP contribution < -0.4 is 0 Å². The van der Waals surface area contributed by atoms with Crippen molar-refractivity contribution in [2.45, 2.75) is 47.0 Å². The Morgan fingerprint density at radius 1 is 1.18 bits per heavy atom. The largest absolute Gasteiger partial charge is 0.299 e. The standard InChI is InChI=1S/C10H20O/c1-5-9(6-2)10(11)7-8(3)4/h8-9H,5-7H2,1-4H3. The van der Waals surface area contributed by atoms with E-state index in [-0.39, 0.29) is 0 Å². The molecule has 0 aliphatic heterocycles. The molecule has 0 unspecified atom stereocenters. The first-order valence-corrected chi connectivity index (χ1v) is 4.64.